The molecule has 1 aliphatic carbocycles. The zero-order valence-electron chi connectivity index (χ0n) is 12.4. The van der Waals surface area contributed by atoms with Crippen molar-refractivity contribution in [3.63, 3.8) is 0 Å². The standard InChI is InChI=1S/C14H18BF4O.K/c1-2-10-4-3-5-12(8-10)20-14-7-6-11(16)9-13(14)15(17,18)19;/h6-7,9-10,12H,2-5,8H2,1H3;/q-1;+1. The van der Waals surface area contributed by atoms with Gasteiger partial charge in [-0.15, -0.1) is 0 Å². The zero-order chi connectivity index (χ0) is 14.8. The number of ether oxygens (including phenoxy) is 1. The maximum Gasteiger partial charge on any atom is 1.00 e. The van der Waals surface area contributed by atoms with Crippen LogP contribution in [0.25, 0.3) is 0 Å². The quantitative estimate of drug-likeness (QED) is 0.597. The second-order valence-corrected chi connectivity index (χ2v) is 5.44. The van der Waals surface area contributed by atoms with Gasteiger partial charge in [0.25, 0.3) is 0 Å². The van der Waals surface area contributed by atoms with Gasteiger partial charge in [0, 0.05) is 0 Å². The summed E-state index contributed by atoms with van der Waals surface area (Å²) in [4.78, 5) is 0. The fourth-order valence-corrected chi connectivity index (χ4v) is 2.78. The van der Waals surface area contributed by atoms with E-state index >= 15 is 0 Å². The molecule has 0 bridgehead atoms. The van der Waals surface area contributed by atoms with Crippen LogP contribution in [0.5, 0.6) is 5.75 Å². The summed E-state index contributed by atoms with van der Waals surface area (Å²) in [5.74, 6) is -0.615. The third-order valence-corrected chi connectivity index (χ3v) is 3.93. The van der Waals surface area contributed by atoms with E-state index in [9.17, 15) is 17.3 Å². The van der Waals surface area contributed by atoms with Gasteiger partial charge in [-0.25, -0.2) is 4.39 Å². The SMILES string of the molecule is CCC1CCCC(Oc2ccc(F)cc2[B-](F)(F)F)C1.[K+]. The van der Waals surface area contributed by atoms with Crippen molar-refractivity contribution in [1.82, 2.24) is 0 Å². The van der Waals surface area contributed by atoms with E-state index in [2.05, 4.69) is 6.92 Å². The van der Waals surface area contributed by atoms with Crippen molar-refractivity contribution in [2.75, 3.05) is 0 Å². The Morgan fingerprint density at radius 2 is 1.95 bits per heavy atom. The first-order chi connectivity index (χ1) is 9.40. The molecule has 0 N–H and O–H groups in total. The first-order valence-electron chi connectivity index (χ1n) is 7.06. The molecule has 0 spiro atoms. The van der Waals surface area contributed by atoms with Gasteiger partial charge in [0.05, 0.1) is 11.9 Å². The molecule has 1 aromatic carbocycles. The monoisotopic (exact) mass is 328 g/mol. The van der Waals surface area contributed by atoms with Gasteiger partial charge in [0.2, 0.25) is 0 Å². The van der Waals surface area contributed by atoms with Crippen molar-refractivity contribution in [3.8, 4) is 5.75 Å². The third-order valence-electron chi connectivity index (χ3n) is 3.93. The minimum Gasteiger partial charge on any atom is -0.493 e. The second kappa shape index (κ2) is 8.34. The Labute approximate surface area is 165 Å². The molecule has 0 heterocycles. The van der Waals surface area contributed by atoms with E-state index in [0.717, 1.165) is 44.2 Å². The topological polar surface area (TPSA) is 9.23 Å². The number of halogens is 4. The van der Waals surface area contributed by atoms with Crippen LogP contribution in [0.1, 0.15) is 39.0 Å². The van der Waals surface area contributed by atoms with E-state index in [0.29, 0.717) is 12.0 Å². The van der Waals surface area contributed by atoms with Crippen LogP contribution in [0.15, 0.2) is 18.2 Å². The summed E-state index contributed by atoms with van der Waals surface area (Å²) in [6, 6.07) is 2.63. The zero-order valence-corrected chi connectivity index (χ0v) is 15.5. The van der Waals surface area contributed by atoms with Gasteiger partial charge in [0.1, 0.15) is 5.82 Å². The predicted octanol–water partition coefficient (Wildman–Crippen LogP) is 1.23. The Balaban J connectivity index is 0.00000220. The minimum atomic E-state index is -5.27. The molecule has 2 unspecified atom stereocenters. The number of rotatable bonds is 4. The number of hydrogen-bond acceptors (Lipinski definition) is 1. The maximum atomic E-state index is 13.0. The van der Waals surface area contributed by atoms with Crippen molar-refractivity contribution in [2.45, 2.75) is 45.1 Å². The van der Waals surface area contributed by atoms with Gasteiger partial charge >= 0.3 is 58.4 Å². The van der Waals surface area contributed by atoms with Crippen LogP contribution in [0.3, 0.4) is 0 Å². The third kappa shape index (κ3) is 5.53. The largest absolute Gasteiger partial charge is 1.00 e. The van der Waals surface area contributed by atoms with Gasteiger partial charge in [-0.05, 0) is 43.4 Å². The Hall–Kier alpha value is 0.441. The summed E-state index contributed by atoms with van der Waals surface area (Å²) >= 11 is 0. The fourth-order valence-electron chi connectivity index (χ4n) is 2.78. The van der Waals surface area contributed by atoms with Gasteiger partial charge in [-0.2, -0.15) is 0 Å². The fraction of sp³-hybridized carbons (Fsp3) is 0.571. The molecular formula is C14H18BF4KO. The summed E-state index contributed by atoms with van der Waals surface area (Å²) in [5.41, 5.74) is -0.969. The smallest absolute Gasteiger partial charge is 0.493 e. The minimum absolute atomic E-state index is 0. The average molecular weight is 328 g/mol. The first-order valence-corrected chi connectivity index (χ1v) is 7.06. The van der Waals surface area contributed by atoms with Gasteiger partial charge in [0.15, 0.2) is 0 Å². The van der Waals surface area contributed by atoms with Crippen LogP contribution in [-0.2, 0) is 0 Å². The van der Waals surface area contributed by atoms with Crippen LogP contribution in [-0.4, -0.2) is 13.1 Å². The molecule has 1 aliphatic rings. The summed E-state index contributed by atoms with van der Waals surface area (Å²) in [6.45, 7) is -3.19. The van der Waals surface area contributed by atoms with Crippen LogP contribution in [0.2, 0.25) is 0 Å². The molecule has 2 atom stereocenters. The molecule has 7 heteroatoms. The van der Waals surface area contributed by atoms with Crippen LogP contribution < -0.4 is 61.6 Å². The average Bonchev–Trinajstić information content (AvgIpc) is 2.40. The summed E-state index contributed by atoms with van der Waals surface area (Å²) < 4.78 is 57.4. The molecule has 0 aliphatic heterocycles. The van der Waals surface area contributed by atoms with E-state index < -0.39 is 18.3 Å². The maximum absolute atomic E-state index is 13.0. The van der Waals surface area contributed by atoms with E-state index in [4.69, 9.17) is 4.74 Å². The molecular weight excluding hydrogens is 310 g/mol. The van der Waals surface area contributed by atoms with E-state index in [-0.39, 0.29) is 63.2 Å². The van der Waals surface area contributed by atoms with Crippen molar-refractivity contribution in [3.05, 3.63) is 24.0 Å². The Morgan fingerprint density at radius 1 is 1.24 bits per heavy atom. The van der Waals surface area contributed by atoms with Crippen LogP contribution >= 0.6 is 0 Å². The van der Waals surface area contributed by atoms with Gasteiger partial charge in [-0.3, -0.25) is 0 Å². The Bertz CT molecular complexity index is 467. The van der Waals surface area contributed by atoms with Crippen LogP contribution in [0, 0.1) is 11.7 Å². The molecule has 0 saturated heterocycles. The summed E-state index contributed by atoms with van der Waals surface area (Å²) in [6.07, 6.45) is 4.43. The second-order valence-electron chi connectivity index (χ2n) is 5.44. The molecule has 0 aromatic heterocycles. The van der Waals surface area contributed by atoms with Gasteiger partial charge in [-0.1, -0.05) is 25.2 Å². The first kappa shape index (κ1) is 19.5. The summed E-state index contributed by atoms with van der Waals surface area (Å²) in [5, 5.41) is 0. The van der Waals surface area contributed by atoms with Gasteiger partial charge < -0.3 is 17.7 Å². The molecule has 1 saturated carbocycles. The van der Waals surface area contributed by atoms with E-state index in [1.54, 1.807) is 0 Å². The molecule has 1 nitrogen and oxygen atoms in total. The molecule has 21 heavy (non-hydrogen) atoms. The molecule has 1 fully saturated rings. The Kier molecular flexibility index (Phi) is 7.74. The van der Waals surface area contributed by atoms with Crippen LogP contribution in [0.4, 0.5) is 17.3 Å². The molecule has 2 rings (SSSR count). The number of hydrogen-bond donors (Lipinski definition) is 0. The van der Waals surface area contributed by atoms with E-state index in [1.807, 2.05) is 0 Å². The number of benzene rings is 1. The Morgan fingerprint density at radius 3 is 2.57 bits per heavy atom. The summed E-state index contributed by atoms with van der Waals surface area (Å²) in [7, 11) is 0. The van der Waals surface area contributed by atoms with Crippen molar-refractivity contribution >= 4 is 12.4 Å². The van der Waals surface area contributed by atoms with Crippen molar-refractivity contribution in [1.29, 1.82) is 0 Å². The molecule has 0 radical (unpaired) electrons. The van der Waals surface area contributed by atoms with Crippen molar-refractivity contribution in [2.24, 2.45) is 5.92 Å². The van der Waals surface area contributed by atoms with Crippen molar-refractivity contribution < 1.29 is 73.5 Å². The van der Waals surface area contributed by atoms with E-state index in [1.165, 1.54) is 0 Å². The molecule has 112 valence electrons. The normalized spacial score (nSPS) is 22.5. The molecule has 1 aromatic rings. The molecule has 0 amide bonds. The predicted molar refractivity (Wildman–Crippen MR) is 71.8 cm³/mol.